The van der Waals surface area contributed by atoms with Gasteiger partial charge in [0, 0.05) is 30.9 Å². The van der Waals surface area contributed by atoms with E-state index in [9.17, 15) is 31.5 Å². The van der Waals surface area contributed by atoms with Crippen LogP contribution < -0.4 is 5.32 Å². The summed E-state index contributed by atoms with van der Waals surface area (Å²) in [5.74, 6) is -5.50. The molecule has 0 atom stereocenters. The highest BCUT2D eigenvalue weighted by Crippen LogP contribution is 2.27. The summed E-state index contributed by atoms with van der Waals surface area (Å²) >= 11 is 0. The van der Waals surface area contributed by atoms with Crippen molar-refractivity contribution in [2.75, 3.05) is 18.4 Å². The second-order valence-electron chi connectivity index (χ2n) is 7.11. The number of aromatic amines is 1. The zero-order valence-corrected chi connectivity index (χ0v) is 16.7. The van der Waals surface area contributed by atoms with E-state index in [2.05, 4.69) is 15.3 Å². The van der Waals surface area contributed by atoms with Crippen molar-refractivity contribution in [1.29, 1.82) is 0 Å². The van der Waals surface area contributed by atoms with Crippen LogP contribution in [0.15, 0.2) is 35.5 Å². The van der Waals surface area contributed by atoms with Crippen molar-refractivity contribution in [1.82, 2.24) is 14.3 Å². The third-order valence-corrected chi connectivity index (χ3v) is 6.93. The van der Waals surface area contributed by atoms with Crippen LogP contribution in [0.5, 0.6) is 0 Å². The molecule has 4 rings (SSSR count). The lowest BCUT2D eigenvalue weighted by Crippen LogP contribution is -2.40. The van der Waals surface area contributed by atoms with Gasteiger partial charge in [0.1, 0.15) is 0 Å². The van der Waals surface area contributed by atoms with Gasteiger partial charge in [0.15, 0.2) is 17.5 Å². The molecule has 1 fully saturated rings. The number of sulfonamides is 1. The molecular weight excluding hydrogens is 437 g/mol. The Hall–Kier alpha value is -2.96. The summed E-state index contributed by atoms with van der Waals surface area (Å²) in [6.07, 6.45) is 1.28. The van der Waals surface area contributed by atoms with Gasteiger partial charge in [-0.3, -0.25) is 4.79 Å². The number of amides is 1. The summed E-state index contributed by atoms with van der Waals surface area (Å²) in [4.78, 5) is 19.3. The van der Waals surface area contributed by atoms with Gasteiger partial charge in [-0.2, -0.15) is 4.31 Å². The molecule has 8 nitrogen and oxygen atoms in total. The number of H-pyrrole nitrogens is 1. The molecule has 0 spiro atoms. The second kappa shape index (κ2) is 7.94. The van der Waals surface area contributed by atoms with Crippen LogP contribution in [-0.2, 0) is 10.0 Å². The van der Waals surface area contributed by atoms with Gasteiger partial charge in [0.25, 0.3) is 5.91 Å². The molecule has 0 radical (unpaired) electrons. The Morgan fingerprint density at radius 3 is 2.42 bits per heavy atom. The molecule has 2 heterocycles. The standard InChI is InChI=1S/C19H17F3N4O4S/c20-14-5-10(6-15(21)17(14)22)25-19(28)13-7-12(8-16-18(13)24-9-23-16)31(29,30)26-3-1-11(27)2-4-26/h5-9,11,27H,1-4H2,(H,23,24)(H,25,28). The first-order chi connectivity index (χ1) is 14.7. The van der Waals surface area contributed by atoms with Crippen LogP contribution in [0.25, 0.3) is 11.0 Å². The monoisotopic (exact) mass is 454 g/mol. The van der Waals surface area contributed by atoms with E-state index >= 15 is 0 Å². The Labute approximate surface area is 174 Å². The normalized spacial score (nSPS) is 16.0. The minimum Gasteiger partial charge on any atom is -0.393 e. The fourth-order valence-corrected chi connectivity index (χ4v) is 4.92. The second-order valence-corrected chi connectivity index (χ2v) is 9.05. The van der Waals surface area contributed by atoms with E-state index in [0.29, 0.717) is 25.0 Å². The molecule has 1 saturated heterocycles. The number of aromatic nitrogens is 2. The number of rotatable bonds is 4. The van der Waals surface area contributed by atoms with Crippen LogP contribution in [0.4, 0.5) is 18.9 Å². The molecule has 1 aliphatic rings. The molecule has 3 N–H and O–H groups in total. The van der Waals surface area contributed by atoms with Gasteiger partial charge in [0.2, 0.25) is 10.0 Å². The van der Waals surface area contributed by atoms with E-state index in [1.165, 1.54) is 16.7 Å². The average molecular weight is 454 g/mol. The molecule has 2 aromatic carbocycles. The average Bonchev–Trinajstić information content (AvgIpc) is 3.20. The molecule has 0 bridgehead atoms. The van der Waals surface area contributed by atoms with Crippen molar-refractivity contribution in [2.24, 2.45) is 0 Å². The van der Waals surface area contributed by atoms with Crippen LogP contribution in [0, 0.1) is 17.5 Å². The van der Waals surface area contributed by atoms with Crippen LogP contribution in [0.1, 0.15) is 23.2 Å². The number of piperidine rings is 1. The first-order valence-corrected chi connectivity index (χ1v) is 10.7. The number of hydrogen-bond acceptors (Lipinski definition) is 5. The third kappa shape index (κ3) is 4.01. The Morgan fingerprint density at radius 2 is 1.77 bits per heavy atom. The zero-order chi connectivity index (χ0) is 22.3. The predicted octanol–water partition coefficient (Wildman–Crippen LogP) is 2.38. The lowest BCUT2D eigenvalue weighted by molar-refractivity contribution is 0.102. The summed E-state index contributed by atoms with van der Waals surface area (Å²) in [6, 6.07) is 3.66. The SMILES string of the molecule is O=C(Nc1cc(F)c(F)c(F)c1)c1cc(S(=O)(=O)N2CCC(O)CC2)cc2nc[nH]c12. The maximum Gasteiger partial charge on any atom is 0.257 e. The van der Waals surface area contributed by atoms with Crippen molar-refractivity contribution >= 4 is 32.7 Å². The van der Waals surface area contributed by atoms with Crippen LogP contribution >= 0.6 is 0 Å². The fraction of sp³-hybridized carbons (Fsp3) is 0.263. The number of benzene rings is 2. The van der Waals surface area contributed by atoms with Crippen molar-refractivity contribution in [3.8, 4) is 0 Å². The van der Waals surface area contributed by atoms with E-state index in [0.717, 1.165) is 6.07 Å². The Balaban J connectivity index is 1.71. The maximum absolute atomic E-state index is 13.5. The largest absolute Gasteiger partial charge is 0.393 e. The van der Waals surface area contributed by atoms with E-state index < -0.39 is 39.5 Å². The maximum atomic E-state index is 13.5. The number of nitrogens with one attached hydrogen (secondary N) is 2. The number of aliphatic hydroxyl groups excluding tert-OH is 1. The van der Waals surface area contributed by atoms with Gasteiger partial charge < -0.3 is 15.4 Å². The summed E-state index contributed by atoms with van der Waals surface area (Å²) in [7, 11) is -3.98. The van der Waals surface area contributed by atoms with Crippen molar-refractivity contribution < 1.29 is 31.5 Å². The molecule has 12 heteroatoms. The lowest BCUT2D eigenvalue weighted by atomic mass is 10.1. The van der Waals surface area contributed by atoms with Crippen LogP contribution in [-0.4, -0.2) is 52.9 Å². The van der Waals surface area contributed by atoms with Gasteiger partial charge in [-0.15, -0.1) is 0 Å². The number of anilines is 1. The molecule has 1 aromatic heterocycles. The molecular formula is C19H17F3N4O4S. The number of aliphatic hydroxyl groups is 1. The first-order valence-electron chi connectivity index (χ1n) is 9.28. The topological polar surface area (TPSA) is 115 Å². The summed E-state index contributed by atoms with van der Waals surface area (Å²) in [5, 5.41) is 11.9. The quantitative estimate of drug-likeness (QED) is 0.524. The Morgan fingerprint density at radius 1 is 1.13 bits per heavy atom. The smallest absolute Gasteiger partial charge is 0.257 e. The molecule has 0 aliphatic carbocycles. The first kappa shape index (κ1) is 21.3. The number of imidazole rings is 1. The van der Waals surface area contributed by atoms with E-state index in [-0.39, 0.29) is 40.3 Å². The summed E-state index contributed by atoms with van der Waals surface area (Å²) < 4.78 is 67.4. The van der Waals surface area contributed by atoms with Crippen molar-refractivity contribution in [3.63, 3.8) is 0 Å². The summed E-state index contributed by atoms with van der Waals surface area (Å²) in [6.45, 7) is 0.246. The number of nitrogens with zero attached hydrogens (tertiary/aromatic N) is 2. The highest BCUT2D eigenvalue weighted by atomic mass is 32.2. The molecule has 0 unspecified atom stereocenters. The van der Waals surface area contributed by atoms with Gasteiger partial charge >= 0.3 is 0 Å². The highest BCUT2D eigenvalue weighted by Gasteiger charge is 2.30. The van der Waals surface area contributed by atoms with Crippen molar-refractivity contribution in [3.05, 3.63) is 53.6 Å². The molecule has 31 heavy (non-hydrogen) atoms. The zero-order valence-electron chi connectivity index (χ0n) is 15.9. The lowest BCUT2D eigenvalue weighted by Gasteiger charge is -2.28. The van der Waals surface area contributed by atoms with Gasteiger partial charge in [-0.1, -0.05) is 0 Å². The Bertz CT molecular complexity index is 1250. The minimum atomic E-state index is -3.98. The number of fused-ring (bicyclic) bond motifs is 1. The third-order valence-electron chi connectivity index (χ3n) is 5.05. The van der Waals surface area contributed by atoms with Gasteiger partial charge in [-0.25, -0.2) is 26.6 Å². The van der Waals surface area contributed by atoms with E-state index in [4.69, 9.17) is 0 Å². The number of carbonyl (C=O) groups excluding carboxylic acids is 1. The number of hydrogen-bond donors (Lipinski definition) is 3. The fourth-order valence-electron chi connectivity index (χ4n) is 3.41. The molecule has 0 saturated carbocycles. The molecule has 1 aliphatic heterocycles. The van der Waals surface area contributed by atoms with Crippen LogP contribution in [0.3, 0.4) is 0 Å². The molecule has 164 valence electrons. The van der Waals surface area contributed by atoms with E-state index in [1.807, 2.05) is 0 Å². The van der Waals surface area contributed by atoms with Crippen molar-refractivity contribution in [2.45, 2.75) is 23.8 Å². The minimum absolute atomic E-state index is 0.123. The summed E-state index contributed by atoms with van der Waals surface area (Å²) in [5.41, 5.74) is -0.0589. The highest BCUT2D eigenvalue weighted by molar-refractivity contribution is 7.89. The predicted molar refractivity (Wildman–Crippen MR) is 104 cm³/mol. The van der Waals surface area contributed by atoms with Crippen LogP contribution in [0.2, 0.25) is 0 Å². The van der Waals surface area contributed by atoms with E-state index in [1.54, 1.807) is 0 Å². The van der Waals surface area contributed by atoms with Gasteiger partial charge in [0.05, 0.1) is 33.9 Å². The Kier molecular flexibility index (Phi) is 5.45. The molecule has 3 aromatic rings. The number of carbonyl (C=O) groups is 1. The van der Waals surface area contributed by atoms with Gasteiger partial charge in [-0.05, 0) is 25.0 Å². The molecule has 1 amide bonds. The number of halogens is 3.